The molecule has 0 aromatic carbocycles. The zero-order valence-corrected chi connectivity index (χ0v) is 9.17. The second-order valence-corrected chi connectivity index (χ2v) is 3.61. The van der Waals surface area contributed by atoms with Crippen molar-refractivity contribution < 1.29 is 30.0 Å². The van der Waals surface area contributed by atoms with Crippen LogP contribution < -0.4 is 0 Å². The number of carboxylic acid groups (broad SMARTS) is 2. The van der Waals surface area contributed by atoms with E-state index in [0.717, 1.165) is 0 Å². The Hall–Kier alpha value is -1.40. The van der Waals surface area contributed by atoms with Crippen LogP contribution in [0.3, 0.4) is 0 Å². The van der Waals surface area contributed by atoms with Gasteiger partial charge in [0.1, 0.15) is 0 Å². The molecule has 0 fully saturated rings. The van der Waals surface area contributed by atoms with Gasteiger partial charge in [-0.2, -0.15) is 0 Å². The Bertz CT molecular complexity index is 308. The molecule has 0 aromatic heterocycles. The van der Waals surface area contributed by atoms with Crippen LogP contribution in [0.25, 0.3) is 0 Å². The zero-order valence-electron chi connectivity index (χ0n) is 9.17. The van der Waals surface area contributed by atoms with Crippen LogP contribution in [0.2, 0.25) is 0 Å². The Balaban J connectivity index is 4.86. The molecule has 92 valence electrons. The summed E-state index contributed by atoms with van der Waals surface area (Å²) in [6.07, 6.45) is 1.20. The smallest absolute Gasteiger partial charge is 0.338 e. The number of allylic oxidation sites excluding steroid dienone is 1. The quantitative estimate of drug-likeness (QED) is 0.473. The topological polar surface area (TPSA) is 115 Å². The summed E-state index contributed by atoms with van der Waals surface area (Å²) >= 11 is 0. The normalized spacial score (nSPS) is 17.6. The number of carbonyl (C=O) groups is 2. The standard InChI is InChI=1S/C10H16O6/c1-3-7(8(12)13)4-6(2)10(16,5-11)9(14)15/h3,6,11,16H,4-5H2,1-2H3,(H,12,13)(H,14,15). The monoisotopic (exact) mass is 232 g/mol. The molecule has 0 spiro atoms. The van der Waals surface area contributed by atoms with Crippen LogP contribution >= 0.6 is 0 Å². The Morgan fingerprint density at radius 1 is 1.38 bits per heavy atom. The maximum Gasteiger partial charge on any atom is 0.338 e. The molecule has 0 aliphatic carbocycles. The van der Waals surface area contributed by atoms with Crippen LogP contribution in [0.15, 0.2) is 11.6 Å². The van der Waals surface area contributed by atoms with Gasteiger partial charge in [0.05, 0.1) is 6.61 Å². The summed E-state index contributed by atoms with van der Waals surface area (Å²) in [5.74, 6) is -3.64. The molecule has 2 atom stereocenters. The average Bonchev–Trinajstić information content (AvgIpc) is 2.23. The summed E-state index contributed by atoms with van der Waals surface area (Å²) in [5, 5.41) is 36.0. The van der Waals surface area contributed by atoms with Gasteiger partial charge in [0.25, 0.3) is 0 Å². The molecule has 6 nitrogen and oxygen atoms in total. The van der Waals surface area contributed by atoms with E-state index in [1.54, 1.807) is 0 Å². The molecule has 0 aliphatic rings. The summed E-state index contributed by atoms with van der Waals surface area (Å²) < 4.78 is 0. The van der Waals surface area contributed by atoms with Crippen LogP contribution in [0, 0.1) is 5.92 Å². The SMILES string of the molecule is CC=C(CC(C)C(O)(CO)C(=O)O)C(=O)O. The van der Waals surface area contributed by atoms with Crippen molar-refractivity contribution in [3.8, 4) is 0 Å². The molecule has 4 N–H and O–H groups in total. The molecule has 6 heteroatoms. The predicted molar refractivity (Wildman–Crippen MR) is 54.8 cm³/mol. The minimum Gasteiger partial charge on any atom is -0.479 e. The number of carboxylic acids is 2. The highest BCUT2D eigenvalue weighted by Crippen LogP contribution is 2.24. The molecular formula is C10H16O6. The van der Waals surface area contributed by atoms with Gasteiger partial charge in [-0.05, 0) is 13.3 Å². The van der Waals surface area contributed by atoms with Gasteiger partial charge >= 0.3 is 11.9 Å². The minimum absolute atomic E-state index is 0.000579. The summed E-state index contributed by atoms with van der Waals surface area (Å²) in [4.78, 5) is 21.4. The fourth-order valence-electron chi connectivity index (χ4n) is 1.26. The molecule has 0 radical (unpaired) electrons. The Labute approximate surface area is 92.8 Å². The number of hydrogen-bond acceptors (Lipinski definition) is 4. The fourth-order valence-corrected chi connectivity index (χ4v) is 1.26. The van der Waals surface area contributed by atoms with Gasteiger partial charge in [0, 0.05) is 11.5 Å². The van der Waals surface area contributed by atoms with E-state index >= 15 is 0 Å². The molecule has 2 unspecified atom stereocenters. The lowest BCUT2D eigenvalue weighted by Gasteiger charge is -2.27. The molecular weight excluding hydrogens is 216 g/mol. The number of aliphatic hydroxyl groups excluding tert-OH is 1. The summed E-state index contributed by atoms with van der Waals surface area (Å²) in [6.45, 7) is 1.92. The maximum absolute atomic E-state index is 10.8. The van der Waals surface area contributed by atoms with E-state index in [2.05, 4.69) is 0 Å². The number of hydrogen-bond donors (Lipinski definition) is 4. The van der Waals surface area contributed by atoms with E-state index in [-0.39, 0.29) is 12.0 Å². The van der Waals surface area contributed by atoms with Crippen molar-refractivity contribution in [2.45, 2.75) is 25.9 Å². The van der Waals surface area contributed by atoms with Crippen molar-refractivity contribution in [1.82, 2.24) is 0 Å². The van der Waals surface area contributed by atoms with Gasteiger partial charge in [-0.25, -0.2) is 9.59 Å². The summed E-state index contributed by atoms with van der Waals surface area (Å²) in [5.41, 5.74) is -2.32. The highest BCUT2D eigenvalue weighted by atomic mass is 16.4. The first-order chi connectivity index (χ1) is 7.29. The van der Waals surface area contributed by atoms with E-state index in [4.69, 9.17) is 15.3 Å². The molecule has 0 rings (SSSR count). The summed E-state index contributed by atoms with van der Waals surface area (Å²) in [6, 6.07) is 0. The highest BCUT2D eigenvalue weighted by Gasteiger charge is 2.41. The van der Waals surface area contributed by atoms with E-state index in [1.807, 2.05) is 0 Å². The highest BCUT2D eigenvalue weighted by molar-refractivity contribution is 5.86. The fraction of sp³-hybridized carbons (Fsp3) is 0.600. The molecule has 0 saturated heterocycles. The largest absolute Gasteiger partial charge is 0.479 e. The van der Waals surface area contributed by atoms with Crippen LogP contribution in [0.5, 0.6) is 0 Å². The molecule has 0 amide bonds. The second-order valence-electron chi connectivity index (χ2n) is 3.61. The Kier molecular flexibility index (Phi) is 5.13. The summed E-state index contributed by atoms with van der Waals surface area (Å²) in [7, 11) is 0. The van der Waals surface area contributed by atoms with Crippen LogP contribution in [-0.4, -0.2) is 44.6 Å². The maximum atomic E-state index is 10.8. The van der Waals surface area contributed by atoms with Gasteiger partial charge < -0.3 is 20.4 Å². The molecule has 0 aromatic rings. The van der Waals surface area contributed by atoms with Gasteiger partial charge in [-0.15, -0.1) is 0 Å². The average molecular weight is 232 g/mol. The number of aliphatic hydroxyl groups is 2. The Morgan fingerprint density at radius 2 is 1.88 bits per heavy atom. The van der Waals surface area contributed by atoms with E-state index < -0.39 is 30.1 Å². The van der Waals surface area contributed by atoms with Crippen molar-refractivity contribution in [2.24, 2.45) is 5.92 Å². The molecule has 16 heavy (non-hydrogen) atoms. The number of aliphatic carboxylic acids is 2. The van der Waals surface area contributed by atoms with Gasteiger partial charge in [-0.3, -0.25) is 0 Å². The van der Waals surface area contributed by atoms with Crippen LogP contribution in [0.1, 0.15) is 20.3 Å². The van der Waals surface area contributed by atoms with Crippen molar-refractivity contribution in [1.29, 1.82) is 0 Å². The first kappa shape index (κ1) is 14.6. The molecule has 0 saturated carbocycles. The van der Waals surface area contributed by atoms with E-state index in [9.17, 15) is 14.7 Å². The van der Waals surface area contributed by atoms with E-state index in [0.29, 0.717) is 0 Å². The van der Waals surface area contributed by atoms with Gasteiger partial charge in [-0.1, -0.05) is 13.0 Å². The predicted octanol–water partition coefficient (Wildman–Crippen LogP) is -0.148. The van der Waals surface area contributed by atoms with Gasteiger partial charge in [0.2, 0.25) is 0 Å². The molecule has 0 aliphatic heterocycles. The number of rotatable bonds is 6. The Morgan fingerprint density at radius 3 is 2.12 bits per heavy atom. The second kappa shape index (κ2) is 5.62. The van der Waals surface area contributed by atoms with Crippen molar-refractivity contribution >= 4 is 11.9 Å². The van der Waals surface area contributed by atoms with Gasteiger partial charge in [0.15, 0.2) is 5.60 Å². The third kappa shape index (κ3) is 3.04. The zero-order chi connectivity index (χ0) is 12.9. The first-order valence-corrected chi connectivity index (χ1v) is 4.74. The third-order valence-corrected chi connectivity index (χ3v) is 2.58. The minimum atomic E-state index is -2.32. The van der Waals surface area contributed by atoms with Crippen LogP contribution in [-0.2, 0) is 9.59 Å². The van der Waals surface area contributed by atoms with Crippen molar-refractivity contribution in [2.75, 3.05) is 6.61 Å². The lowest BCUT2D eigenvalue weighted by atomic mass is 9.84. The molecule has 0 heterocycles. The lowest BCUT2D eigenvalue weighted by molar-refractivity contribution is -0.169. The van der Waals surface area contributed by atoms with Crippen LogP contribution in [0.4, 0.5) is 0 Å². The third-order valence-electron chi connectivity index (χ3n) is 2.58. The first-order valence-electron chi connectivity index (χ1n) is 4.74. The molecule has 0 bridgehead atoms. The van der Waals surface area contributed by atoms with Crippen molar-refractivity contribution in [3.05, 3.63) is 11.6 Å². The van der Waals surface area contributed by atoms with Crippen molar-refractivity contribution in [3.63, 3.8) is 0 Å². The van der Waals surface area contributed by atoms with E-state index in [1.165, 1.54) is 19.9 Å². The lowest BCUT2D eigenvalue weighted by Crippen LogP contribution is -2.48.